The average Bonchev–Trinajstić information content (AvgIpc) is 1.79. The second-order valence-corrected chi connectivity index (χ2v) is 2.59. The Hall–Kier alpha value is -0.150. The summed E-state index contributed by atoms with van der Waals surface area (Å²) < 4.78 is 16.7. The molecule has 0 saturated carbocycles. The summed E-state index contributed by atoms with van der Waals surface area (Å²) >= 11 is 0. The van der Waals surface area contributed by atoms with Gasteiger partial charge in [0.15, 0.2) is 0 Å². The van der Waals surface area contributed by atoms with Gasteiger partial charge in [-0.1, -0.05) is 0 Å². The summed E-state index contributed by atoms with van der Waals surface area (Å²) in [7, 11) is 0. The van der Waals surface area contributed by atoms with Crippen molar-refractivity contribution in [1.29, 1.82) is 0 Å². The molecule has 54 valence electrons. The molecule has 0 unspecified atom stereocenters. The number of hydrogen-bond acceptors (Lipinski definition) is 2. The Morgan fingerprint density at radius 2 is 2.33 bits per heavy atom. The number of halogens is 1. The summed E-state index contributed by atoms with van der Waals surface area (Å²) in [5.41, 5.74) is -0.0773. The molecule has 0 aromatic carbocycles. The molecule has 0 atom stereocenters. The number of alkyl halides is 1. The van der Waals surface area contributed by atoms with Crippen molar-refractivity contribution in [2.75, 3.05) is 26.4 Å². The highest BCUT2D eigenvalue weighted by Crippen LogP contribution is 2.14. The van der Waals surface area contributed by atoms with E-state index >= 15 is 0 Å². The van der Waals surface area contributed by atoms with Gasteiger partial charge in [-0.15, -0.1) is 0 Å². The molecule has 3 heteroatoms. The molecule has 0 spiro atoms. The van der Waals surface area contributed by atoms with E-state index < -0.39 is 0 Å². The minimum atomic E-state index is -0.379. The number of ether oxygens (including phenoxy) is 1. The van der Waals surface area contributed by atoms with Crippen molar-refractivity contribution >= 4 is 0 Å². The van der Waals surface area contributed by atoms with Crippen LogP contribution in [0.5, 0.6) is 0 Å². The molecule has 1 aliphatic heterocycles. The first kappa shape index (κ1) is 6.96. The number of hydrogen-bond donors (Lipinski definition) is 1. The van der Waals surface area contributed by atoms with Crippen LogP contribution >= 0.6 is 0 Å². The minimum absolute atomic E-state index is 0.0773. The molecule has 0 amide bonds. The Bertz CT molecular complexity index is 93.1. The van der Waals surface area contributed by atoms with Crippen LogP contribution in [0.4, 0.5) is 4.39 Å². The lowest BCUT2D eigenvalue weighted by atomic mass is 10.0. The highest BCUT2D eigenvalue weighted by Gasteiger charge is 2.31. The Labute approximate surface area is 54.4 Å². The smallest absolute Gasteiger partial charge is 0.113 e. The predicted molar refractivity (Wildman–Crippen MR) is 33.2 cm³/mol. The topological polar surface area (TPSA) is 21.3 Å². The van der Waals surface area contributed by atoms with Crippen LogP contribution in [-0.4, -0.2) is 32.0 Å². The SMILES string of the molecule is CC1(OCCF)CNC1. The third-order valence-electron chi connectivity index (χ3n) is 1.53. The lowest BCUT2D eigenvalue weighted by Gasteiger charge is -2.38. The van der Waals surface area contributed by atoms with Gasteiger partial charge in [0.25, 0.3) is 0 Å². The molecule has 1 saturated heterocycles. The third kappa shape index (κ3) is 1.63. The van der Waals surface area contributed by atoms with Gasteiger partial charge < -0.3 is 10.1 Å². The van der Waals surface area contributed by atoms with Crippen LogP contribution in [0, 0.1) is 0 Å². The van der Waals surface area contributed by atoms with Crippen molar-refractivity contribution in [3.8, 4) is 0 Å². The molecule has 0 bridgehead atoms. The number of rotatable bonds is 3. The fourth-order valence-corrected chi connectivity index (χ4v) is 0.864. The summed E-state index contributed by atoms with van der Waals surface area (Å²) in [6.07, 6.45) is 0. The lowest BCUT2D eigenvalue weighted by Crippen LogP contribution is -2.59. The maximum atomic E-state index is 11.5. The number of nitrogens with one attached hydrogen (secondary N) is 1. The summed E-state index contributed by atoms with van der Waals surface area (Å²) in [6, 6.07) is 0. The van der Waals surface area contributed by atoms with Crippen molar-refractivity contribution in [2.45, 2.75) is 12.5 Å². The molecule has 1 aliphatic rings. The highest BCUT2D eigenvalue weighted by atomic mass is 19.1. The zero-order valence-electron chi connectivity index (χ0n) is 5.61. The quantitative estimate of drug-likeness (QED) is 0.599. The van der Waals surface area contributed by atoms with E-state index in [0.29, 0.717) is 0 Å². The van der Waals surface area contributed by atoms with Gasteiger partial charge in [-0.05, 0) is 6.92 Å². The van der Waals surface area contributed by atoms with Crippen LogP contribution in [0.25, 0.3) is 0 Å². The van der Waals surface area contributed by atoms with Gasteiger partial charge in [0.05, 0.1) is 12.2 Å². The van der Waals surface area contributed by atoms with E-state index in [1.807, 2.05) is 6.92 Å². The van der Waals surface area contributed by atoms with Gasteiger partial charge >= 0.3 is 0 Å². The van der Waals surface area contributed by atoms with Crippen LogP contribution in [-0.2, 0) is 4.74 Å². The van der Waals surface area contributed by atoms with E-state index in [4.69, 9.17) is 4.74 Å². The second kappa shape index (κ2) is 2.62. The first-order chi connectivity index (χ1) is 4.27. The molecule has 2 nitrogen and oxygen atoms in total. The monoisotopic (exact) mass is 133 g/mol. The van der Waals surface area contributed by atoms with Crippen molar-refractivity contribution in [3.63, 3.8) is 0 Å². The first-order valence-corrected chi connectivity index (χ1v) is 3.17. The van der Waals surface area contributed by atoms with Gasteiger partial charge in [-0.25, -0.2) is 4.39 Å². The molecule has 1 N–H and O–H groups in total. The van der Waals surface area contributed by atoms with E-state index in [0.717, 1.165) is 13.1 Å². The standard InChI is InChI=1S/C6H12FNO/c1-6(4-8-5-6)9-3-2-7/h8H,2-5H2,1H3. The van der Waals surface area contributed by atoms with E-state index in [2.05, 4.69) is 5.32 Å². The van der Waals surface area contributed by atoms with Gasteiger partial charge in [0, 0.05) is 13.1 Å². The van der Waals surface area contributed by atoms with Crippen molar-refractivity contribution in [1.82, 2.24) is 5.32 Å². The molecule has 1 rings (SSSR count). The Kier molecular flexibility index (Phi) is 2.03. The second-order valence-electron chi connectivity index (χ2n) is 2.59. The molecular weight excluding hydrogens is 121 g/mol. The van der Waals surface area contributed by atoms with E-state index in [9.17, 15) is 4.39 Å². The van der Waals surface area contributed by atoms with Crippen molar-refractivity contribution < 1.29 is 9.13 Å². The van der Waals surface area contributed by atoms with Crippen LogP contribution in [0.15, 0.2) is 0 Å². The molecule has 0 aromatic rings. The predicted octanol–water partition coefficient (Wildman–Crippen LogP) is 0.334. The van der Waals surface area contributed by atoms with Crippen LogP contribution < -0.4 is 5.32 Å². The van der Waals surface area contributed by atoms with E-state index in [1.165, 1.54) is 0 Å². The van der Waals surface area contributed by atoms with Crippen LogP contribution in [0.2, 0.25) is 0 Å². The lowest BCUT2D eigenvalue weighted by molar-refractivity contribution is -0.0702. The molecule has 0 aliphatic carbocycles. The van der Waals surface area contributed by atoms with E-state index in [1.54, 1.807) is 0 Å². The maximum Gasteiger partial charge on any atom is 0.113 e. The molecule has 1 fully saturated rings. The molecule has 9 heavy (non-hydrogen) atoms. The maximum absolute atomic E-state index is 11.5. The molecular formula is C6H12FNO. The summed E-state index contributed by atoms with van der Waals surface area (Å²) in [5.74, 6) is 0. The highest BCUT2D eigenvalue weighted by molar-refractivity contribution is 4.89. The van der Waals surface area contributed by atoms with Gasteiger partial charge in [0.2, 0.25) is 0 Å². The summed E-state index contributed by atoms with van der Waals surface area (Å²) in [4.78, 5) is 0. The molecule has 0 aromatic heterocycles. The summed E-state index contributed by atoms with van der Waals surface area (Å²) in [6.45, 7) is 3.55. The fraction of sp³-hybridized carbons (Fsp3) is 1.00. The summed E-state index contributed by atoms with van der Waals surface area (Å²) in [5, 5.41) is 3.06. The fourth-order valence-electron chi connectivity index (χ4n) is 0.864. The minimum Gasteiger partial charge on any atom is -0.370 e. The molecule has 1 heterocycles. The third-order valence-corrected chi connectivity index (χ3v) is 1.53. The zero-order chi connectivity index (χ0) is 6.74. The van der Waals surface area contributed by atoms with Crippen molar-refractivity contribution in [2.24, 2.45) is 0 Å². The Balaban J connectivity index is 2.09. The largest absolute Gasteiger partial charge is 0.370 e. The van der Waals surface area contributed by atoms with Crippen molar-refractivity contribution in [3.05, 3.63) is 0 Å². The van der Waals surface area contributed by atoms with Crippen LogP contribution in [0.1, 0.15) is 6.92 Å². The van der Waals surface area contributed by atoms with Gasteiger partial charge in [-0.3, -0.25) is 0 Å². The van der Waals surface area contributed by atoms with Gasteiger partial charge in [0.1, 0.15) is 6.67 Å². The van der Waals surface area contributed by atoms with E-state index in [-0.39, 0.29) is 18.9 Å². The normalized spacial score (nSPS) is 23.3. The Morgan fingerprint density at radius 3 is 2.67 bits per heavy atom. The molecule has 0 radical (unpaired) electrons. The first-order valence-electron chi connectivity index (χ1n) is 3.17. The van der Waals surface area contributed by atoms with Crippen LogP contribution in [0.3, 0.4) is 0 Å². The average molecular weight is 133 g/mol. The van der Waals surface area contributed by atoms with Gasteiger partial charge in [-0.2, -0.15) is 0 Å². The zero-order valence-corrected chi connectivity index (χ0v) is 5.61. The Morgan fingerprint density at radius 1 is 1.67 bits per heavy atom.